The number of amides is 1. The van der Waals surface area contributed by atoms with Gasteiger partial charge in [-0.25, -0.2) is 0 Å². The van der Waals surface area contributed by atoms with Gasteiger partial charge in [0.05, 0.1) is 25.7 Å². The molecule has 18 heavy (non-hydrogen) atoms. The predicted octanol–water partition coefficient (Wildman–Crippen LogP) is -1.34. The number of likely N-dealkylation sites (N-methyl/N-ethyl adjacent to an activating group) is 1. The van der Waals surface area contributed by atoms with Crippen LogP contribution in [0, 0.1) is 0 Å². The van der Waals surface area contributed by atoms with E-state index in [0.717, 1.165) is 0 Å². The number of nitrogens with zero attached hydrogens (tertiary/aromatic N) is 1. The molecular weight excluding hydrogens is 240 g/mol. The summed E-state index contributed by atoms with van der Waals surface area (Å²) >= 11 is 0. The molecule has 1 saturated heterocycles. The molecule has 7 heteroatoms. The number of ether oxygens (including phenoxy) is 1. The molecule has 0 aromatic carbocycles. The highest BCUT2D eigenvalue weighted by atomic mass is 16.5. The summed E-state index contributed by atoms with van der Waals surface area (Å²) < 4.78 is 5.24. The second kappa shape index (κ2) is 7.30. The van der Waals surface area contributed by atoms with Crippen molar-refractivity contribution >= 4 is 11.9 Å². The highest BCUT2D eigenvalue weighted by Gasteiger charge is 2.30. The van der Waals surface area contributed by atoms with E-state index in [1.165, 1.54) is 0 Å². The number of morpholine rings is 1. The summed E-state index contributed by atoms with van der Waals surface area (Å²) in [5, 5.41) is 20.9. The van der Waals surface area contributed by atoms with E-state index in [1.807, 2.05) is 6.92 Å². The number of carbonyl (C=O) groups is 2. The van der Waals surface area contributed by atoms with E-state index in [1.54, 1.807) is 4.90 Å². The Bertz CT molecular complexity index is 297. The molecule has 3 N–H and O–H groups in total. The first-order valence-corrected chi connectivity index (χ1v) is 6.04. The summed E-state index contributed by atoms with van der Waals surface area (Å²) in [6.07, 6.45) is -1.29. The Kier molecular flexibility index (Phi) is 6.03. The number of hydrogen-bond acceptors (Lipinski definition) is 5. The third-order valence-electron chi connectivity index (χ3n) is 2.75. The fraction of sp³-hybridized carbons (Fsp3) is 0.818. The zero-order valence-electron chi connectivity index (χ0n) is 10.5. The summed E-state index contributed by atoms with van der Waals surface area (Å²) in [5.74, 6) is -1.20. The van der Waals surface area contributed by atoms with Gasteiger partial charge in [-0.2, -0.15) is 0 Å². The highest BCUT2D eigenvalue weighted by Crippen LogP contribution is 2.09. The van der Waals surface area contributed by atoms with E-state index in [4.69, 9.17) is 9.84 Å². The normalized spacial score (nSPS) is 22.4. The van der Waals surface area contributed by atoms with Crippen molar-refractivity contribution in [1.29, 1.82) is 0 Å². The third-order valence-corrected chi connectivity index (χ3v) is 2.75. The number of carboxylic acid groups (broad SMARTS) is 1. The molecule has 0 aromatic heterocycles. The average molecular weight is 260 g/mol. The van der Waals surface area contributed by atoms with Crippen molar-refractivity contribution < 1.29 is 24.5 Å². The van der Waals surface area contributed by atoms with Gasteiger partial charge in [-0.1, -0.05) is 0 Å². The van der Waals surface area contributed by atoms with Crippen LogP contribution < -0.4 is 5.32 Å². The van der Waals surface area contributed by atoms with Crippen LogP contribution in [-0.2, 0) is 14.3 Å². The van der Waals surface area contributed by atoms with Crippen LogP contribution in [0.25, 0.3) is 0 Å². The molecule has 1 aliphatic heterocycles. The Morgan fingerprint density at radius 3 is 2.89 bits per heavy atom. The maximum atomic E-state index is 11.8. The second-order valence-electron chi connectivity index (χ2n) is 4.23. The second-order valence-corrected chi connectivity index (χ2v) is 4.23. The van der Waals surface area contributed by atoms with Crippen molar-refractivity contribution in [2.24, 2.45) is 0 Å². The number of hydrogen-bond donors (Lipinski definition) is 3. The third kappa shape index (κ3) is 4.59. The van der Waals surface area contributed by atoms with Gasteiger partial charge in [-0.15, -0.1) is 0 Å². The Balaban J connectivity index is 2.53. The van der Waals surface area contributed by atoms with Gasteiger partial charge in [-0.05, 0) is 6.92 Å². The monoisotopic (exact) mass is 260 g/mol. The molecule has 104 valence electrons. The minimum atomic E-state index is -1.05. The first kappa shape index (κ1) is 14.9. The molecule has 1 heterocycles. The number of carboxylic acids is 1. The van der Waals surface area contributed by atoms with Crippen molar-refractivity contribution in [2.75, 3.05) is 32.8 Å². The molecule has 0 saturated carbocycles. The Morgan fingerprint density at radius 2 is 2.28 bits per heavy atom. The van der Waals surface area contributed by atoms with E-state index < -0.39 is 18.1 Å². The molecule has 0 aliphatic carbocycles. The first-order chi connectivity index (χ1) is 8.54. The van der Waals surface area contributed by atoms with Gasteiger partial charge < -0.3 is 20.3 Å². The van der Waals surface area contributed by atoms with Crippen LogP contribution in [0.1, 0.15) is 13.3 Å². The SMILES string of the molecule is CCNC(=O)C1COCCN1CC(O)CC(=O)O. The lowest BCUT2D eigenvalue weighted by molar-refractivity contribution is -0.140. The fourth-order valence-electron chi connectivity index (χ4n) is 1.93. The Labute approximate surface area is 106 Å². The lowest BCUT2D eigenvalue weighted by atomic mass is 10.1. The van der Waals surface area contributed by atoms with Crippen molar-refractivity contribution in [1.82, 2.24) is 10.2 Å². The van der Waals surface area contributed by atoms with Gasteiger partial charge >= 0.3 is 5.97 Å². The number of aliphatic carboxylic acids is 1. The number of β-amino-alcohol motifs (C(OH)–C–C–N with tert-alkyl or cyclic N) is 1. The average Bonchev–Trinajstić information content (AvgIpc) is 2.28. The molecule has 0 spiro atoms. The van der Waals surface area contributed by atoms with Crippen molar-refractivity contribution in [3.63, 3.8) is 0 Å². The summed E-state index contributed by atoms with van der Waals surface area (Å²) in [6.45, 7) is 3.78. The van der Waals surface area contributed by atoms with Gasteiger partial charge in [0.15, 0.2) is 0 Å². The van der Waals surface area contributed by atoms with Gasteiger partial charge in [0.25, 0.3) is 0 Å². The minimum Gasteiger partial charge on any atom is -0.481 e. The maximum Gasteiger partial charge on any atom is 0.306 e. The van der Waals surface area contributed by atoms with Crippen LogP contribution in [0.15, 0.2) is 0 Å². The number of carbonyl (C=O) groups excluding carboxylic acids is 1. The molecule has 0 bridgehead atoms. The van der Waals surface area contributed by atoms with E-state index >= 15 is 0 Å². The fourth-order valence-corrected chi connectivity index (χ4v) is 1.93. The topological polar surface area (TPSA) is 99.1 Å². The van der Waals surface area contributed by atoms with Crippen molar-refractivity contribution in [3.8, 4) is 0 Å². The summed E-state index contributed by atoms with van der Waals surface area (Å²) in [6, 6.07) is -0.456. The summed E-state index contributed by atoms with van der Waals surface area (Å²) in [7, 11) is 0. The van der Waals surface area contributed by atoms with Gasteiger partial charge in [0, 0.05) is 19.6 Å². The van der Waals surface area contributed by atoms with Crippen LogP contribution in [0.4, 0.5) is 0 Å². The molecule has 1 amide bonds. The highest BCUT2D eigenvalue weighted by molar-refractivity contribution is 5.82. The molecule has 1 rings (SSSR count). The predicted molar refractivity (Wildman–Crippen MR) is 63.1 cm³/mol. The zero-order chi connectivity index (χ0) is 13.5. The number of rotatable bonds is 6. The Morgan fingerprint density at radius 1 is 1.56 bits per heavy atom. The van der Waals surface area contributed by atoms with Gasteiger partial charge in [0.1, 0.15) is 6.04 Å². The van der Waals surface area contributed by atoms with Crippen LogP contribution in [-0.4, -0.2) is 72.0 Å². The molecule has 7 nitrogen and oxygen atoms in total. The molecule has 0 radical (unpaired) electrons. The minimum absolute atomic E-state index is 0.153. The zero-order valence-corrected chi connectivity index (χ0v) is 10.5. The van der Waals surface area contributed by atoms with Gasteiger partial charge in [0.2, 0.25) is 5.91 Å². The van der Waals surface area contributed by atoms with E-state index in [9.17, 15) is 14.7 Å². The van der Waals surface area contributed by atoms with E-state index in [-0.39, 0.29) is 25.5 Å². The molecule has 0 aromatic rings. The first-order valence-electron chi connectivity index (χ1n) is 6.04. The lowest BCUT2D eigenvalue weighted by Crippen LogP contribution is -2.55. The molecule has 2 atom stereocenters. The van der Waals surface area contributed by atoms with Crippen molar-refractivity contribution in [3.05, 3.63) is 0 Å². The maximum absolute atomic E-state index is 11.8. The summed E-state index contributed by atoms with van der Waals surface area (Å²) in [4.78, 5) is 24.0. The van der Waals surface area contributed by atoms with E-state index in [2.05, 4.69) is 5.32 Å². The van der Waals surface area contributed by atoms with E-state index in [0.29, 0.717) is 19.7 Å². The van der Waals surface area contributed by atoms with Gasteiger partial charge in [-0.3, -0.25) is 14.5 Å². The number of nitrogens with one attached hydrogen (secondary N) is 1. The van der Waals surface area contributed by atoms with Crippen LogP contribution in [0.2, 0.25) is 0 Å². The quantitative estimate of drug-likeness (QED) is 0.546. The molecule has 2 unspecified atom stereocenters. The lowest BCUT2D eigenvalue weighted by Gasteiger charge is -2.35. The van der Waals surface area contributed by atoms with Crippen molar-refractivity contribution in [2.45, 2.75) is 25.5 Å². The largest absolute Gasteiger partial charge is 0.481 e. The van der Waals surface area contributed by atoms with Crippen LogP contribution >= 0.6 is 0 Å². The smallest absolute Gasteiger partial charge is 0.306 e. The Hall–Kier alpha value is -1.18. The number of aliphatic hydroxyl groups excluding tert-OH is 1. The van der Waals surface area contributed by atoms with Crippen LogP contribution in [0.5, 0.6) is 0 Å². The molecule has 1 fully saturated rings. The molecule has 1 aliphatic rings. The van der Waals surface area contributed by atoms with Crippen LogP contribution in [0.3, 0.4) is 0 Å². The number of aliphatic hydroxyl groups is 1. The summed E-state index contributed by atoms with van der Waals surface area (Å²) in [5.41, 5.74) is 0. The molecular formula is C11H20N2O5. The standard InChI is InChI=1S/C11H20N2O5/c1-2-12-11(17)9-7-18-4-3-13(9)6-8(14)5-10(15)16/h8-9,14H,2-7H2,1H3,(H,12,17)(H,15,16).